The standard InChI is InChI=1S/C9H13N3O4S2/c13-7(14)5-17-9-11-10-8(15)12(9)6-1-3-18(16)4-2-6/h6H,1-5H2,(H,10,15)(H,13,14). The number of hydrogen-bond acceptors (Lipinski definition) is 5. The molecule has 2 N–H and O–H groups in total. The molecule has 2 heterocycles. The fraction of sp³-hybridized carbons (Fsp3) is 0.667. The van der Waals surface area contributed by atoms with Crippen LogP contribution in [0.1, 0.15) is 18.9 Å². The molecule has 1 saturated heterocycles. The Morgan fingerprint density at radius 1 is 1.56 bits per heavy atom. The number of aromatic nitrogens is 3. The molecular formula is C9H13N3O4S2. The minimum atomic E-state index is -0.952. The highest BCUT2D eigenvalue weighted by Gasteiger charge is 2.24. The highest BCUT2D eigenvalue weighted by molar-refractivity contribution is 7.99. The average molecular weight is 291 g/mol. The molecular weight excluding hydrogens is 278 g/mol. The van der Waals surface area contributed by atoms with Gasteiger partial charge >= 0.3 is 11.7 Å². The average Bonchev–Trinajstić information content (AvgIpc) is 2.69. The number of hydrogen-bond donors (Lipinski definition) is 2. The maximum Gasteiger partial charge on any atom is 0.344 e. The first-order chi connectivity index (χ1) is 8.58. The maximum absolute atomic E-state index is 11.7. The minimum absolute atomic E-state index is 0.0368. The van der Waals surface area contributed by atoms with E-state index in [4.69, 9.17) is 5.11 Å². The molecule has 0 saturated carbocycles. The van der Waals surface area contributed by atoms with Crippen LogP contribution in [-0.2, 0) is 15.6 Å². The quantitative estimate of drug-likeness (QED) is 0.746. The van der Waals surface area contributed by atoms with Crippen LogP contribution in [0.2, 0.25) is 0 Å². The number of H-pyrrole nitrogens is 1. The second kappa shape index (κ2) is 5.70. The van der Waals surface area contributed by atoms with E-state index in [0.29, 0.717) is 29.5 Å². The van der Waals surface area contributed by atoms with Gasteiger partial charge in [0.05, 0.1) is 5.75 Å². The normalized spacial score (nSPS) is 24.0. The van der Waals surface area contributed by atoms with E-state index in [2.05, 4.69) is 10.2 Å². The van der Waals surface area contributed by atoms with E-state index in [1.165, 1.54) is 4.57 Å². The molecule has 0 aromatic carbocycles. The zero-order chi connectivity index (χ0) is 13.1. The first-order valence-electron chi connectivity index (χ1n) is 5.44. The van der Waals surface area contributed by atoms with Gasteiger partial charge in [-0.1, -0.05) is 11.8 Å². The fourth-order valence-electron chi connectivity index (χ4n) is 1.88. The van der Waals surface area contributed by atoms with Gasteiger partial charge in [0, 0.05) is 28.3 Å². The summed E-state index contributed by atoms with van der Waals surface area (Å²) in [5.41, 5.74) is -0.333. The van der Waals surface area contributed by atoms with Gasteiger partial charge in [-0.25, -0.2) is 9.89 Å². The van der Waals surface area contributed by atoms with Gasteiger partial charge in [-0.2, -0.15) is 0 Å². The topological polar surface area (TPSA) is 105 Å². The summed E-state index contributed by atoms with van der Waals surface area (Å²) in [4.78, 5) is 22.2. The Morgan fingerprint density at radius 2 is 2.22 bits per heavy atom. The lowest BCUT2D eigenvalue weighted by molar-refractivity contribution is -0.133. The Morgan fingerprint density at radius 3 is 2.83 bits per heavy atom. The van der Waals surface area contributed by atoms with Crippen molar-refractivity contribution in [2.24, 2.45) is 0 Å². The second-order valence-corrected chi connectivity index (χ2v) is 6.58. The lowest BCUT2D eigenvalue weighted by atomic mass is 10.1. The van der Waals surface area contributed by atoms with Crippen LogP contribution in [0.25, 0.3) is 0 Å². The van der Waals surface area contributed by atoms with E-state index >= 15 is 0 Å². The molecule has 18 heavy (non-hydrogen) atoms. The number of thioether (sulfide) groups is 1. The molecule has 0 spiro atoms. The Labute approximate surface area is 109 Å². The number of nitrogens with zero attached hydrogens (tertiary/aromatic N) is 2. The first kappa shape index (κ1) is 13.3. The van der Waals surface area contributed by atoms with Gasteiger partial charge in [0.15, 0.2) is 5.16 Å². The molecule has 2 rings (SSSR count). The summed E-state index contributed by atoms with van der Waals surface area (Å²) in [6.45, 7) is 0. The predicted octanol–water partition coefficient (Wildman–Crippen LogP) is -0.168. The monoisotopic (exact) mass is 291 g/mol. The summed E-state index contributed by atoms with van der Waals surface area (Å²) in [5.74, 6) is 0.0614. The molecule has 1 aliphatic rings. The van der Waals surface area contributed by atoms with Gasteiger partial charge in [-0.3, -0.25) is 13.6 Å². The SMILES string of the molecule is O=C(O)CSc1n[nH]c(=O)n1C1CCS(=O)CC1. The Hall–Kier alpha value is -1.09. The number of carboxylic acids is 1. The van der Waals surface area contributed by atoms with Gasteiger partial charge in [-0.05, 0) is 12.8 Å². The van der Waals surface area contributed by atoms with Crippen LogP contribution in [0.5, 0.6) is 0 Å². The van der Waals surface area contributed by atoms with Gasteiger partial charge in [0.2, 0.25) is 0 Å². The van der Waals surface area contributed by atoms with Crippen molar-refractivity contribution in [3.05, 3.63) is 10.5 Å². The zero-order valence-corrected chi connectivity index (χ0v) is 11.1. The molecule has 1 aromatic rings. The molecule has 0 aliphatic carbocycles. The van der Waals surface area contributed by atoms with Gasteiger partial charge in [-0.15, -0.1) is 5.10 Å². The molecule has 1 aliphatic heterocycles. The number of carboxylic acid groups (broad SMARTS) is 1. The van der Waals surface area contributed by atoms with Crippen LogP contribution in [-0.4, -0.2) is 47.3 Å². The summed E-state index contributed by atoms with van der Waals surface area (Å²) in [6, 6.07) is -0.0368. The molecule has 0 radical (unpaired) electrons. The van der Waals surface area contributed by atoms with Crippen molar-refractivity contribution in [3.8, 4) is 0 Å². The van der Waals surface area contributed by atoms with Crippen LogP contribution in [0.3, 0.4) is 0 Å². The number of carbonyl (C=O) groups is 1. The fourth-order valence-corrected chi connectivity index (χ4v) is 3.89. The van der Waals surface area contributed by atoms with E-state index < -0.39 is 16.8 Å². The van der Waals surface area contributed by atoms with Crippen LogP contribution < -0.4 is 5.69 Å². The van der Waals surface area contributed by atoms with Crippen molar-refractivity contribution < 1.29 is 14.1 Å². The molecule has 0 atom stereocenters. The smallest absolute Gasteiger partial charge is 0.344 e. The van der Waals surface area contributed by atoms with Crippen LogP contribution >= 0.6 is 11.8 Å². The number of nitrogens with one attached hydrogen (secondary N) is 1. The molecule has 0 bridgehead atoms. The summed E-state index contributed by atoms with van der Waals surface area (Å²) < 4.78 is 12.8. The van der Waals surface area contributed by atoms with E-state index in [1.54, 1.807) is 0 Å². The summed E-state index contributed by atoms with van der Waals surface area (Å²) in [6.07, 6.45) is 1.32. The van der Waals surface area contributed by atoms with Gasteiger partial charge in [0.1, 0.15) is 0 Å². The lowest BCUT2D eigenvalue weighted by Gasteiger charge is -2.22. The third-order valence-corrected chi connectivity index (χ3v) is 5.04. The van der Waals surface area contributed by atoms with Crippen molar-refractivity contribution in [1.82, 2.24) is 14.8 Å². The van der Waals surface area contributed by atoms with E-state index in [-0.39, 0.29) is 17.5 Å². The van der Waals surface area contributed by atoms with Crippen LogP contribution in [0.15, 0.2) is 9.95 Å². The maximum atomic E-state index is 11.7. The Bertz CT molecular complexity index is 514. The Kier molecular flexibility index (Phi) is 4.23. The van der Waals surface area contributed by atoms with Crippen molar-refractivity contribution in [3.63, 3.8) is 0 Å². The third kappa shape index (κ3) is 3.02. The number of rotatable bonds is 4. The Balaban J connectivity index is 2.16. The molecule has 0 amide bonds. The van der Waals surface area contributed by atoms with Gasteiger partial charge < -0.3 is 5.11 Å². The molecule has 1 fully saturated rings. The number of aliphatic carboxylic acids is 1. The predicted molar refractivity (Wildman–Crippen MR) is 67.4 cm³/mol. The molecule has 1 aromatic heterocycles. The molecule has 7 nitrogen and oxygen atoms in total. The third-order valence-electron chi connectivity index (χ3n) is 2.72. The highest BCUT2D eigenvalue weighted by atomic mass is 32.2. The summed E-state index contributed by atoms with van der Waals surface area (Å²) in [5, 5.41) is 15.2. The van der Waals surface area contributed by atoms with Crippen molar-refractivity contribution in [1.29, 1.82) is 0 Å². The van der Waals surface area contributed by atoms with Crippen molar-refractivity contribution >= 4 is 28.5 Å². The van der Waals surface area contributed by atoms with E-state index in [1.807, 2.05) is 0 Å². The highest BCUT2D eigenvalue weighted by Crippen LogP contribution is 2.25. The van der Waals surface area contributed by atoms with Crippen molar-refractivity contribution in [2.45, 2.75) is 24.0 Å². The van der Waals surface area contributed by atoms with Gasteiger partial charge in [0.25, 0.3) is 0 Å². The molecule has 100 valence electrons. The minimum Gasteiger partial charge on any atom is -0.481 e. The van der Waals surface area contributed by atoms with E-state index in [0.717, 1.165) is 11.8 Å². The van der Waals surface area contributed by atoms with Crippen LogP contribution in [0, 0.1) is 0 Å². The summed E-state index contributed by atoms with van der Waals surface area (Å²) >= 11 is 1.02. The molecule has 9 heteroatoms. The second-order valence-electron chi connectivity index (χ2n) is 3.94. The first-order valence-corrected chi connectivity index (χ1v) is 7.91. The lowest BCUT2D eigenvalue weighted by Crippen LogP contribution is -2.29. The van der Waals surface area contributed by atoms with Crippen molar-refractivity contribution in [2.75, 3.05) is 17.3 Å². The molecule has 0 unspecified atom stereocenters. The summed E-state index contributed by atoms with van der Waals surface area (Å²) in [7, 11) is -0.794. The van der Waals surface area contributed by atoms with Crippen LogP contribution in [0.4, 0.5) is 0 Å². The zero-order valence-electron chi connectivity index (χ0n) is 9.50. The van der Waals surface area contributed by atoms with E-state index in [9.17, 15) is 13.8 Å². The largest absolute Gasteiger partial charge is 0.481 e. The number of aromatic amines is 1.